The van der Waals surface area contributed by atoms with Gasteiger partial charge in [-0.3, -0.25) is 9.59 Å². The van der Waals surface area contributed by atoms with E-state index in [1.54, 1.807) is 6.92 Å². The van der Waals surface area contributed by atoms with Crippen molar-refractivity contribution in [3.63, 3.8) is 0 Å². The Hall–Kier alpha value is -3.67. The lowest BCUT2D eigenvalue weighted by Crippen LogP contribution is -2.37. The SMILES string of the molecule is Cc1nc2c(c(=O)[nH]1)C(c1ccc(OCc3ccccc3)cc1)C1=C(CC(C)(C)CC1=O)N2. The van der Waals surface area contributed by atoms with Crippen LogP contribution in [-0.4, -0.2) is 15.8 Å². The topological polar surface area (TPSA) is 84.1 Å². The van der Waals surface area contributed by atoms with Gasteiger partial charge in [0.25, 0.3) is 5.56 Å². The molecule has 1 atom stereocenters. The highest BCUT2D eigenvalue weighted by molar-refractivity contribution is 6.01. The highest BCUT2D eigenvalue weighted by Crippen LogP contribution is 2.47. The molecular formula is C27H27N3O3. The molecule has 2 N–H and O–H groups in total. The fraction of sp³-hybridized carbons (Fsp3) is 0.296. The molecule has 1 aliphatic carbocycles. The maximum Gasteiger partial charge on any atom is 0.257 e. The summed E-state index contributed by atoms with van der Waals surface area (Å²) < 4.78 is 5.93. The Morgan fingerprint density at radius 3 is 2.48 bits per heavy atom. The van der Waals surface area contributed by atoms with Crippen LogP contribution in [0.2, 0.25) is 0 Å². The number of carbonyl (C=O) groups excluding carboxylic acids is 1. The minimum Gasteiger partial charge on any atom is -0.489 e. The number of carbonyl (C=O) groups is 1. The van der Waals surface area contributed by atoms with Crippen molar-refractivity contribution in [2.24, 2.45) is 5.41 Å². The number of hydrogen-bond acceptors (Lipinski definition) is 5. The van der Waals surface area contributed by atoms with Crippen LogP contribution in [-0.2, 0) is 11.4 Å². The number of allylic oxidation sites excluding steroid dienone is 2. The van der Waals surface area contributed by atoms with E-state index in [0.717, 1.165) is 29.0 Å². The van der Waals surface area contributed by atoms with Gasteiger partial charge in [0, 0.05) is 23.6 Å². The lowest BCUT2D eigenvalue weighted by Gasteiger charge is -2.38. The number of fused-ring (bicyclic) bond motifs is 1. The van der Waals surface area contributed by atoms with Gasteiger partial charge in [0.15, 0.2) is 5.78 Å². The van der Waals surface area contributed by atoms with E-state index in [4.69, 9.17) is 4.74 Å². The number of rotatable bonds is 4. The molecule has 2 heterocycles. The van der Waals surface area contributed by atoms with Gasteiger partial charge in [-0.25, -0.2) is 4.98 Å². The molecule has 2 aliphatic rings. The zero-order valence-electron chi connectivity index (χ0n) is 19.1. The summed E-state index contributed by atoms with van der Waals surface area (Å²) in [6, 6.07) is 17.7. The van der Waals surface area contributed by atoms with Crippen LogP contribution in [0, 0.1) is 12.3 Å². The van der Waals surface area contributed by atoms with Gasteiger partial charge in [0.1, 0.15) is 24.0 Å². The van der Waals surface area contributed by atoms with Gasteiger partial charge in [0.2, 0.25) is 0 Å². The van der Waals surface area contributed by atoms with Crippen molar-refractivity contribution in [2.45, 2.75) is 46.1 Å². The average Bonchev–Trinajstić information content (AvgIpc) is 2.76. The summed E-state index contributed by atoms with van der Waals surface area (Å²) in [5, 5.41) is 3.32. The van der Waals surface area contributed by atoms with Crippen molar-refractivity contribution < 1.29 is 9.53 Å². The molecule has 3 aromatic rings. The second-order valence-corrected chi connectivity index (χ2v) is 9.65. The van der Waals surface area contributed by atoms with Crippen molar-refractivity contribution in [2.75, 3.05) is 5.32 Å². The molecule has 33 heavy (non-hydrogen) atoms. The van der Waals surface area contributed by atoms with Crippen molar-refractivity contribution >= 4 is 11.6 Å². The third-order valence-corrected chi connectivity index (χ3v) is 6.30. The number of anilines is 1. The summed E-state index contributed by atoms with van der Waals surface area (Å²) in [5.41, 5.74) is 3.64. The zero-order chi connectivity index (χ0) is 23.2. The minimum atomic E-state index is -0.458. The minimum absolute atomic E-state index is 0.0776. The predicted molar refractivity (Wildman–Crippen MR) is 127 cm³/mol. The second kappa shape index (κ2) is 8.03. The van der Waals surface area contributed by atoms with Crippen molar-refractivity contribution in [3.8, 4) is 5.75 Å². The number of benzene rings is 2. The molecular weight excluding hydrogens is 414 g/mol. The van der Waals surface area contributed by atoms with E-state index < -0.39 is 5.92 Å². The number of aromatic amines is 1. The lowest BCUT2D eigenvalue weighted by molar-refractivity contribution is -0.118. The van der Waals surface area contributed by atoms with Crippen molar-refractivity contribution in [3.05, 3.63) is 98.7 Å². The molecule has 0 fully saturated rings. The average molecular weight is 442 g/mol. The molecule has 0 spiro atoms. The quantitative estimate of drug-likeness (QED) is 0.604. The number of nitrogens with one attached hydrogen (secondary N) is 2. The molecule has 0 amide bonds. The summed E-state index contributed by atoms with van der Waals surface area (Å²) in [4.78, 5) is 33.7. The highest BCUT2D eigenvalue weighted by atomic mass is 16.5. The number of aromatic nitrogens is 2. The van der Waals surface area contributed by atoms with E-state index in [1.807, 2.05) is 54.6 Å². The molecule has 6 nitrogen and oxygen atoms in total. The molecule has 1 aliphatic heterocycles. The largest absolute Gasteiger partial charge is 0.489 e. The van der Waals surface area contributed by atoms with E-state index in [9.17, 15) is 9.59 Å². The van der Waals surface area contributed by atoms with E-state index in [0.29, 0.717) is 35.8 Å². The van der Waals surface area contributed by atoms with Gasteiger partial charge in [-0.15, -0.1) is 0 Å². The molecule has 1 unspecified atom stereocenters. The third kappa shape index (κ3) is 4.09. The van der Waals surface area contributed by atoms with Gasteiger partial charge in [-0.2, -0.15) is 0 Å². The normalized spacial score (nSPS) is 18.9. The van der Waals surface area contributed by atoms with Crippen molar-refractivity contribution in [1.82, 2.24) is 9.97 Å². The Balaban J connectivity index is 1.53. The van der Waals surface area contributed by atoms with E-state index in [2.05, 4.69) is 29.1 Å². The first-order chi connectivity index (χ1) is 15.8. The van der Waals surface area contributed by atoms with E-state index >= 15 is 0 Å². The van der Waals surface area contributed by atoms with Crippen LogP contribution in [0.5, 0.6) is 5.75 Å². The maximum absolute atomic E-state index is 13.3. The van der Waals surface area contributed by atoms with Crippen LogP contribution >= 0.6 is 0 Å². The summed E-state index contributed by atoms with van der Waals surface area (Å²) in [6.45, 7) is 6.42. The van der Waals surface area contributed by atoms with E-state index in [-0.39, 0.29) is 16.8 Å². The summed E-state index contributed by atoms with van der Waals surface area (Å²) in [7, 11) is 0. The Morgan fingerprint density at radius 2 is 1.76 bits per heavy atom. The fourth-order valence-corrected chi connectivity index (χ4v) is 4.86. The summed E-state index contributed by atoms with van der Waals surface area (Å²) >= 11 is 0. The van der Waals surface area contributed by atoms with Crippen LogP contribution in [0.4, 0.5) is 5.82 Å². The number of nitrogens with zero attached hydrogens (tertiary/aromatic N) is 1. The van der Waals surface area contributed by atoms with Crippen LogP contribution in [0.3, 0.4) is 0 Å². The fourth-order valence-electron chi connectivity index (χ4n) is 4.86. The Labute approximate surface area is 192 Å². The molecule has 0 saturated carbocycles. The first kappa shape index (κ1) is 21.2. The second-order valence-electron chi connectivity index (χ2n) is 9.65. The molecule has 0 radical (unpaired) electrons. The summed E-state index contributed by atoms with van der Waals surface area (Å²) in [5.74, 6) is 1.43. The maximum atomic E-state index is 13.3. The third-order valence-electron chi connectivity index (χ3n) is 6.30. The molecule has 0 saturated heterocycles. The first-order valence-corrected chi connectivity index (χ1v) is 11.2. The lowest BCUT2D eigenvalue weighted by atomic mass is 9.69. The number of ether oxygens (including phenoxy) is 1. The van der Waals surface area contributed by atoms with Gasteiger partial charge in [0.05, 0.1) is 5.56 Å². The first-order valence-electron chi connectivity index (χ1n) is 11.2. The molecule has 6 heteroatoms. The number of hydrogen-bond donors (Lipinski definition) is 2. The Kier molecular flexibility index (Phi) is 5.16. The van der Waals surface area contributed by atoms with Gasteiger partial charge in [-0.05, 0) is 42.0 Å². The van der Waals surface area contributed by atoms with Crippen LogP contribution in [0.15, 0.2) is 70.7 Å². The van der Waals surface area contributed by atoms with Gasteiger partial charge in [-0.1, -0.05) is 56.3 Å². The number of aryl methyl sites for hydroxylation is 1. The standard InChI is InChI=1S/C27H27N3O3/c1-16-28-25-24(26(32)29-16)22(23-20(30-25)13-27(2,3)14-21(23)31)18-9-11-19(12-10-18)33-15-17-7-5-4-6-8-17/h4-12,22H,13-15H2,1-3H3,(H2,28,29,30,32). The number of Topliss-reactive ketones (excluding diaryl/α,β-unsaturated/α-hetero) is 1. The van der Waals surface area contributed by atoms with Crippen molar-refractivity contribution in [1.29, 1.82) is 0 Å². The van der Waals surface area contributed by atoms with Gasteiger partial charge < -0.3 is 15.0 Å². The number of H-pyrrole nitrogens is 1. The predicted octanol–water partition coefficient (Wildman–Crippen LogP) is 4.86. The Morgan fingerprint density at radius 1 is 1.03 bits per heavy atom. The van der Waals surface area contributed by atoms with Crippen LogP contribution < -0.4 is 15.6 Å². The van der Waals surface area contributed by atoms with Crippen LogP contribution in [0.25, 0.3) is 0 Å². The summed E-state index contributed by atoms with van der Waals surface area (Å²) in [6.07, 6.45) is 1.19. The highest BCUT2D eigenvalue weighted by Gasteiger charge is 2.42. The number of ketones is 1. The van der Waals surface area contributed by atoms with Crippen LogP contribution in [0.1, 0.15) is 55.1 Å². The zero-order valence-corrected chi connectivity index (χ0v) is 19.1. The monoisotopic (exact) mass is 441 g/mol. The smallest absolute Gasteiger partial charge is 0.257 e. The van der Waals surface area contributed by atoms with E-state index in [1.165, 1.54) is 0 Å². The molecule has 0 bridgehead atoms. The molecule has 1 aromatic heterocycles. The Bertz CT molecular complexity index is 1300. The molecule has 5 rings (SSSR count). The molecule has 2 aromatic carbocycles. The van der Waals surface area contributed by atoms with Gasteiger partial charge >= 0.3 is 0 Å². The molecule has 168 valence electrons.